The fraction of sp³-hybridized carbons (Fsp3) is 0.471. The first-order valence-electron chi connectivity index (χ1n) is 7.55. The minimum Gasteiger partial charge on any atom is -0.444 e. The summed E-state index contributed by atoms with van der Waals surface area (Å²) >= 11 is 0. The molecule has 6 heteroatoms. The van der Waals surface area contributed by atoms with E-state index in [0.717, 1.165) is 0 Å². The summed E-state index contributed by atoms with van der Waals surface area (Å²) in [7, 11) is 1.89. The van der Waals surface area contributed by atoms with Gasteiger partial charge in [0.15, 0.2) is 5.78 Å². The van der Waals surface area contributed by atoms with Crippen LogP contribution in [0.25, 0.3) is 0 Å². The Bertz CT molecular complexity index is 564. The molecule has 0 bridgehead atoms. The van der Waals surface area contributed by atoms with E-state index < -0.39 is 11.7 Å². The van der Waals surface area contributed by atoms with Crippen molar-refractivity contribution in [3.63, 3.8) is 0 Å². The van der Waals surface area contributed by atoms with Gasteiger partial charge in [0.1, 0.15) is 17.2 Å². The predicted octanol–water partition coefficient (Wildman–Crippen LogP) is 3.40. The molecule has 1 aromatic rings. The molecule has 1 rings (SSSR count). The number of nitrogens with one attached hydrogen (secondary N) is 1. The van der Waals surface area contributed by atoms with Gasteiger partial charge in [0.05, 0.1) is 0 Å². The molecule has 0 saturated heterocycles. The van der Waals surface area contributed by atoms with Crippen molar-refractivity contribution in [3.8, 4) is 0 Å². The van der Waals surface area contributed by atoms with Crippen LogP contribution in [0.5, 0.6) is 0 Å². The Kier molecular flexibility index (Phi) is 6.75. The number of hydrogen-bond acceptors (Lipinski definition) is 5. The number of ketones is 1. The molecule has 126 valence electrons. The molecule has 0 aliphatic heterocycles. The summed E-state index contributed by atoms with van der Waals surface area (Å²) in [5, 5.41) is 2.61. The third-order valence-corrected chi connectivity index (χ3v) is 2.90. The number of ether oxygens (including phenoxy) is 1. The number of amides is 1. The maximum atomic E-state index is 11.8. The molecule has 23 heavy (non-hydrogen) atoms. The van der Waals surface area contributed by atoms with Crippen LogP contribution in [-0.2, 0) is 9.53 Å². The Morgan fingerprint density at radius 2 is 2.09 bits per heavy atom. The van der Waals surface area contributed by atoms with Gasteiger partial charge < -0.3 is 9.64 Å². The minimum atomic E-state index is -0.559. The molecule has 0 radical (unpaired) electrons. The highest BCUT2D eigenvalue weighted by atomic mass is 16.6. The minimum absolute atomic E-state index is 0.0340. The van der Waals surface area contributed by atoms with Crippen molar-refractivity contribution < 1.29 is 14.3 Å². The number of rotatable bonds is 7. The van der Waals surface area contributed by atoms with Gasteiger partial charge in [0.2, 0.25) is 0 Å². The van der Waals surface area contributed by atoms with E-state index >= 15 is 0 Å². The van der Waals surface area contributed by atoms with Crippen LogP contribution in [0, 0.1) is 0 Å². The lowest BCUT2D eigenvalue weighted by Crippen LogP contribution is -2.27. The molecule has 0 spiro atoms. The fourth-order valence-corrected chi connectivity index (χ4v) is 1.82. The van der Waals surface area contributed by atoms with Gasteiger partial charge in [0.25, 0.3) is 0 Å². The largest absolute Gasteiger partial charge is 0.444 e. The van der Waals surface area contributed by atoms with Crippen LogP contribution in [0.3, 0.4) is 0 Å². The number of carbonyl (C=O) groups is 2. The maximum Gasteiger partial charge on any atom is 0.413 e. The highest BCUT2D eigenvalue weighted by Crippen LogP contribution is 2.15. The Morgan fingerprint density at radius 1 is 1.39 bits per heavy atom. The Hall–Kier alpha value is -2.37. The lowest BCUT2D eigenvalue weighted by Gasteiger charge is -2.21. The van der Waals surface area contributed by atoms with E-state index in [9.17, 15) is 9.59 Å². The summed E-state index contributed by atoms with van der Waals surface area (Å²) in [5.41, 5.74) is -0.559. The number of aromatic nitrogens is 1. The van der Waals surface area contributed by atoms with Crippen molar-refractivity contribution in [3.05, 3.63) is 30.9 Å². The van der Waals surface area contributed by atoms with E-state index in [2.05, 4.69) is 16.9 Å². The van der Waals surface area contributed by atoms with Crippen molar-refractivity contribution in [2.24, 2.45) is 0 Å². The van der Waals surface area contributed by atoms with E-state index in [1.165, 1.54) is 6.08 Å². The topological polar surface area (TPSA) is 71.5 Å². The van der Waals surface area contributed by atoms with Gasteiger partial charge in [0, 0.05) is 20.0 Å². The van der Waals surface area contributed by atoms with E-state index in [-0.39, 0.29) is 5.78 Å². The molecule has 0 saturated carbocycles. The standard InChI is InChI=1S/C17H25N3O3/c1-6-13(21)9-8-12-20(5)15-11-7-10-14(18-15)19-16(22)23-17(2,3)4/h6-7,10-11H,1,8-9,12H2,2-5H3,(H,18,19,22). The van der Waals surface area contributed by atoms with E-state index in [1.54, 1.807) is 32.9 Å². The summed E-state index contributed by atoms with van der Waals surface area (Å²) in [6, 6.07) is 5.35. The number of nitrogens with zero attached hydrogens (tertiary/aromatic N) is 2. The van der Waals surface area contributed by atoms with Gasteiger partial charge in [-0.05, 0) is 45.4 Å². The average molecular weight is 319 g/mol. The third-order valence-electron chi connectivity index (χ3n) is 2.90. The predicted molar refractivity (Wildman–Crippen MR) is 91.8 cm³/mol. The zero-order chi connectivity index (χ0) is 17.5. The van der Waals surface area contributed by atoms with Gasteiger partial charge in [-0.25, -0.2) is 9.78 Å². The second-order valence-electron chi connectivity index (χ2n) is 6.20. The number of anilines is 2. The molecule has 0 aromatic carbocycles. The second-order valence-corrected chi connectivity index (χ2v) is 6.20. The second kappa shape index (κ2) is 8.31. The van der Waals surface area contributed by atoms with Crippen LogP contribution in [0.4, 0.5) is 16.4 Å². The summed E-state index contributed by atoms with van der Waals surface area (Å²) in [6.45, 7) is 9.54. The smallest absolute Gasteiger partial charge is 0.413 e. The molecular formula is C17H25N3O3. The first-order valence-corrected chi connectivity index (χ1v) is 7.55. The van der Waals surface area contributed by atoms with Crippen LogP contribution in [-0.4, -0.2) is 36.1 Å². The SMILES string of the molecule is C=CC(=O)CCCN(C)c1cccc(NC(=O)OC(C)(C)C)n1. The van der Waals surface area contributed by atoms with Crippen molar-refractivity contribution in [2.45, 2.75) is 39.2 Å². The quantitative estimate of drug-likeness (QED) is 0.780. The maximum absolute atomic E-state index is 11.8. The van der Waals surface area contributed by atoms with E-state index in [1.807, 2.05) is 18.0 Å². The highest BCUT2D eigenvalue weighted by Gasteiger charge is 2.16. The third kappa shape index (κ3) is 7.44. The summed E-state index contributed by atoms with van der Waals surface area (Å²) < 4.78 is 5.20. The molecule has 0 aliphatic rings. The molecule has 0 aliphatic carbocycles. The molecule has 1 amide bonds. The van der Waals surface area contributed by atoms with E-state index in [0.29, 0.717) is 31.0 Å². The Balaban J connectivity index is 2.60. The van der Waals surface area contributed by atoms with Crippen LogP contribution in [0.1, 0.15) is 33.6 Å². The molecule has 1 heterocycles. The zero-order valence-electron chi connectivity index (χ0n) is 14.3. The van der Waals surface area contributed by atoms with Crippen molar-refractivity contribution in [2.75, 3.05) is 23.8 Å². The number of allylic oxidation sites excluding steroid dienone is 1. The first kappa shape index (κ1) is 18.7. The Labute approximate surface area is 137 Å². The molecule has 1 aromatic heterocycles. The van der Waals surface area contributed by atoms with Crippen LogP contribution < -0.4 is 10.2 Å². The monoisotopic (exact) mass is 319 g/mol. The van der Waals surface area contributed by atoms with Gasteiger partial charge in [-0.1, -0.05) is 12.6 Å². The van der Waals surface area contributed by atoms with Crippen LogP contribution >= 0.6 is 0 Å². The first-order chi connectivity index (χ1) is 10.7. The lowest BCUT2D eigenvalue weighted by atomic mass is 10.2. The molecule has 0 unspecified atom stereocenters. The average Bonchev–Trinajstić information content (AvgIpc) is 2.45. The number of hydrogen-bond donors (Lipinski definition) is 1. The van der Waals surface area contributed by atoms with Crippen molar-refractivity contribution >= 4 is 23.5 Å². The van der Waals surface area contributed by atoms with Crippen LogP contribution in [0.15, 0.2) is 30.9 Å². The van der Waals surface area contributed by atoms with Crippen molar-refractivity contribution in [1.29, 1.82) is 0 Å². The fourth-order valence-electron chi connectivity index (χ4n) is 1.82. The summed E-state index contributed by atoms with van der Waals surface area (Å²) in [4.78, 5) is 29.3. The number of pyridine rings is 1. The molecule has 0 atom stereocenters. The highest BCUT2D eigenvalue weighted by molar-refractivity contribution is 5.89. The molecular weight excluding hydrogens is 294 g/mol. The Morgan fingerprint density at radius 3 is 2.70 bits per heavy atom. The van der Waals surface area contributed by atoms with E-state index in [4.69, 9.17) is 4.74 Å². The van der Waals surface area contributed by atoms with Crippen molar-refractivity contribution in [1.82, 2.24) is 4.98 Å². The summed E-state index contributed by atoms with van der Waals surface area (Å²) in [6.07, 6.45) is 1.97. The van der Waals surface area contributed by atoms with Crippen LogP contribution in [0.2, 0.25) is 0 Å². The van der Waals surface area contributed by atoms with Gasteiger partial charge >= 0.3 is 6.09 Å². The molecule has 1 N–H and O–H groups in total. The normalized spacial score (nSPS) is 10.8. The molecule has 0 fully saturated rings. The number of carbonyl (C=O) groups excluding carboxylic acids is 2. The van der Waals surface area contributed by atoms with Gasteiger partial charge in [-0.2, -0.15) is 0 Å². The summed E-state index contributed by atoms with van der Waals surface area (Å²) in [5.74, 6) is 1.17. The zero-order valence-corrected chi connectivity index (χ0v) is 14.3. The van der Waals surface area contributed by atoms with Gasteiger partial charge in [-0.15, -0.1) is 0 Å². The van der Waals surface area contributed by atoms with Gasteiger partial charge in [-0.3, -0.25) is 10.1 Å². The molecule has 6 nitrogen and oxygen atoms in total. The lowest BCUT2D eigenvalue weighted by molar-refractivity contribution is -0.114.